The van der Waals surface area contributed by atoms with E-state index in [-0.39, 0.29) is 0 Å². The zero-order valence-corrected chi connectivity index (χ0v) is 11.1. The Bertz CT molecular complexity index is 166. The summed E-state index contributed by atoms with van der Waals surface area (Å²) in [5, 5.41) is 3.77. The Kier molecular flexibility index (Phi) is 6.69. The van der Waals surface area contributed by atoms with Gasteiger partial charge in [0.15, 0.2) is 0 Å². The van der Waals surface area contributed by atoms with Gasteiger partial charge >= 0.3 is 0 Å². The van der Waals surface area contributed by atoms with Gasteiger partial charge in [-0.15, -0.1) is 0 Å². The Morgan fingerprint density at radius 1 is 1.47 bits per heavy atom. The molecule has 1 rings (SSSR count). The Labute approximate surface area is 98.5 Å². The molecule has 1 aliphatic carbocycles. The molecule has 90 valence electrons. The summed E-state index contributed by atoms with van der Waals surface area (Å²) in [5.74, 6) is 1.23. The number of methoxy groups -OCH3 is 1. The molecule has 1 saturated carbocycles. The monoisotopic (exact) mass is 231 g/mol. The van der Waals surface area contributed by atoms with Crippen LogP contribution < -0.4 is 5.32 Å². The number of nitrogens with one attached hydrogen (secondary N) is 1. The zero-order chi connectivity index (χ0) is 11.1. The molecule has 0 amide bonds. The van der Waals surface area contributed by atoms with Crippen LogP contribution in [0.25, 0.3) is 0 Å². The summed E-state index contributed by atoms with van der Waals surface area (Å²) in [6.45, 7) is 2.27. The van der Waals surface area contributed by atoms with Crippen LogP contribution in [0.2, 0.25) is 0 Å². The van der Waals surface area contributed by atoms with Crippen LogP contribution in [0.5, 0.6) is 0 Å². The molecule has 0 radical (unpaired) electrons. The molecular formula is C12H25NOS. The van der Waals surface area contributed by atoms with E-state index in [0.717, 1.165) is 0 Å². The van der Waals surface area contributed by atoms with Gasteiger partial charge in [0, 0.05) is 24.9 Å². The summed E-state index contributed by atoms with van der Waals surface area (Å²) in [5.41, 5.74) is 0. The first kappa shape index (κ1) is 13.3. The summed E-state index contributed by atoms with van der Waals surface area (Å²) in [7, 11) is 1.84. The van der Waals surface area contributed by atoms with E-state index in [9.17, 15) is 0 Å². The van der Waals surface area contributed by atoms with Crippen LogP contribution in [0.4, 0.5) is 0 Å². The molecular weight excluding hydrogens is 206 g/mol. The first-order chi connectivity index (χ1) is 7.30. The van der Waals surface area contributed by atoms with Gasteiger partial charge in [0.05, 0.1) is 6.10 Å². The molecule has 15 heavy (non-hydrogen) atoms. The topological polar surface area (TPSA) is 21.3 Å². The van der Waals surface area contributed by atoms with E-state index >= 15 is 0 Å². The molecule has 3 atom stereocenters. The highest BCUT2D eigenvalue weighted by atomic mass is 32.2. The molecule has 0 bridgehead atoms. The van der Waals surface area contributed by atoms with Gasteiger partial charge in [-0.3, -0.25) is 0 Å². The Morgan fingerprint density at radius 3 is 2.87 bits per heavy atom. The molecule has 0 aromatic carbocycles. The third-order valence-corrected chi connectivity index (χ3v) is 4.03. The Balaban J connectivity index is 2.29. The SMILES string of the molecule is CCC(CSC)NC1CCCC(OC)C1. The highest BCUT2D eigenvalue weighted by molar-refractivity contribution is 7.98. The van der Waals surface area contributed by atoms with Gasteiger partial charge in [-0.2, -0.15) is 11.8 Å². The van der Waals surface area contributed by atoms with E-state index in [1.165, 1.54) is 37.9 Å². The second-order valence-corrected chi connectivity index (χ2v) is 5.36. The lowest BCUT2D eigenvalue weighted by Gasteiger charge is -2.31. The maximum Gasteiger partial charge on any atom is 0.0586 e. The molecule has 0 spiro atoms. The molecule has 3 unspecified atom stereocenters. The first-order valence-corrected chi connectivity index (χ1v) is 7.47. The van der Waals surface area contributed by atoms with Crippen molar-refractivity contribution in [2.75, 3.05) is 19.1 Å². The molecule has 0 aliphatic heterocycles. The van der Waals surface area contributed by atoms with Crippen molar-refractivity contribution in [3.05, 3.63) is 0 Å². The summed E-state index contributed by atoms with van der Waals surface area (Å²) in [6, 6.07) is 1.36. The van der Waals surface area contributed by atoms with Crippen molar-refractivity contribution < 1.29 is 4.74 Å². The van der Waals surface area contributed by atoms with Crippen molar-refractivity contribution in [3.8, 4) is 0 Å². The minimum absolute atomic E-state index is 0.489. The average Bonchev–Trinajstić information content (AvgIpc) is 2.29. The molecule has 0 aromatic heterocycles. The number of hydrogen-bond acceptors (Lipinski definition) is 3. The number of hydrogen-bond donors (Lipinski definition) is 1. The highest BCUT2D eigenvalue weighted by Crippen LogP contribution is 2.21. The Hall–Kier alpha value is 0.270. The fourth-order valence-electron chi connectivity index (χ4n) is 2.33. The van der Waals surface area contributed by atoms with Gasteiger partial charge in [0.1, 0.15) is 0 Å². The summed E-state index contributed by atoms with van der Waals surface area (Å²) in [4.78, 5) is 0. The van der Waals surface area contributed by atoms with Crippen molar-refractivity contribution in [2.24, 2.45) is 0 Å². The third-order valence-electron chi connectivity index (χ3n) is 3.29. The molecule has 0 aromatic rings. The standard InChI is InChI=1S/C12H25NOS/c1-4-10(9-15-3)13-11-6-5-7-12(8-11)14-2/h10-13H,4-9H2,1-3H3. The van der Waals surface area contributed by atoms with Crippen LogP contribution in [-0.4, -0.2) is 37.3 Å². The van der Waals surface area contributed by atoms with Crippen molar-refractivity contribution in [1.29, 1.82) is 0 Å². The lowest BCUT2D eigenvalue weighted by atomic mass is 9.92. The number of thioether (sulfide) groups is 1. The fourth-order valence-corrected chi connectivity index (χ4v) is 3.06. The van der Waals surface area contributed by atoms with Gasteiger partial charge < -0.3 is 10.1 Å². The fraction of sp³-hybridized carbons (Fsp3) is 1.00. The van der Waals surface area contributed by atoms with Gasteiger partial charge in [-0.1, -0.05) is 6.92 Å². The molecule has 2 nitrogen and oxygen atoms in total. The predicted molar refractivity (Wildman–Crippen MR) is 68.6 cm³/mol. The van der Waals surface area contributed by atoms with Gasteiger partial charge in [0.25, 0.3) is 0 Å². The zero-order valence-electron chi connectivity index (χ0n) is 10.3. The van der Waals surface area contributed by atoms with Crippen LogP contribution in [0.1, 0.15) is 39.0 Å². The van der Waals surface area contributed by atoms with Crippen molar-refractivity contribution in [1.82, 2.24) is 5.32 Å². The number of ether oxygens (including phenoxy) is 1. The highest BCUT2D eigenvalue weighted by Gasteiger charge is 2.22. The summed E-state index contributed by atoms with van der Waals surface area (Å²) >= 11 is 1.94. The molecule has 1 fully saturated rings. The summed E-state index contributed by atoms with van der Waals surface area (Å²) < 4.78 is 5.45. The van der Waals surface area contributed by atoms with Gasteiger partial charge in [-0.25, -0.2) is 0 Å². The van der Waals surface area contributed by atoms with E-state index in [1.807, 2.05) is 18.9 Å². The normalized spacial score (nSPS) is 29.0. The molecule has 1 aliphatic rings. The van der Waals surface area contributed by atoms with E-state index in [1.54, 1.807) is 0 Å². The quantitative estimate of drug-likeness (QED) is 0.759. The van der Waals surface area contributed by atoms with Crippen molar-refractivity contribution in [2.45, 2.75) is 57.2 Å². The van der Waals surface area contributed by atoms with Crippen LogP contribution in [-0.2, 0) is 4.74 Å². The van der Waals surface area contributed by atoms with E-state index in [2.05, 4.69) is 18.5 Å². The van der Waals surface area contributed by atoms with Gasteiger partial charge in [-0.05, 0) is 38.4 Å². The first-order valence-electron chi connectivity index (χ1n) is 6.07. The molecule has 0 heterocycles. The minimum Gasteiger partial charge on any atom is -0.381 e. The van der Waals surface area contributed by atoms with Crippen LogP contribution in [0.15, 0.2) is 0 Å². The smallest absolute Gasteiger partial charge is 0.0586 e. The van der Waals surface area contributed by atoms with Gasteiger partial charge in [0.2, 0.25) is 0 Å². The molecule has 1 N–H and O–H groups in total. The predicted octanol–water partition coefficient (Wildman–Crippen LogP) is 2.68. The maximum absolute atomic E-state index is 5.45. The average molecular weight is 231 g/mol. The van der Waals surface area contributed by atoms with E-state index < -0.39 is 0 Å². The van der Waals surface area contributed by atoms with Crippen LogP contribution >= 0.6 is 11.8 Å². The van der Waals surface area contributed by atoms with Crippen molar-refractivity contribution in [3.63, 3.8) is 0 Å². The lowest BCUT2D eigenvalue weighted by molar-refractivity contribution is 0.0573. The lowest BCUT2D eigenvalue weighted by Crippen LogP contribution is -2.43. The second kappa shape index (κ2) is 7.53. The van der Waals surface area contributed by atoms with E-state index in [0.29, 0.717) is 18.2 Å². The largest absolute Gasteiger partial charge is 0.381 e. The van der Waals surface area contributed by atoms with Crippen LogP contribution in [0.3, 0.4) is 0 Å². The maximum atomic E-state index is 5.45. The van der Waals surface area contributed by atoms with Crippen molar-refractivity contribution >= 4 is 11.8 Å². The van der Waals surface area contributed by atoms with Crippen LogP contribution in [0, 0.1) is 0 Å². The summed E-state index contributed by atoms with van der Waals surface area (Å²) in [6.07, 6.45) is 8.98. The second-order valence-electron chi connectivity index (χ2n) is 4.45. The number of rotatable bonds is 6. The molecule has 0 saturated heterocycles. The van der Waals surface area contributed by atoms with E-state index in [4.69, 9.17) is 4.74 Å². The minimum atomic E-state index is 0.489. The Morgan fingerprint density at radius 2 is 2.27 bits per heavy atom. The molecule has 3 heteroatoms. The third kappa shape index (κ3) is 4.75.